The van der Waals surface area contributed by atoms with Gasteiger partial charge in [0, 0.05) is 13.5 Å². The van der Waals surface area contributed by atoms with Gasteiger partial charge < -0.3 is 0 Å². The third kappa shape index (κ3) is 2.24. The molecular formula is C17H18ClN3. The van der Waals surface area contributed by atoms with Crippen LogP contribution in [0.15, 0.2) is 24.3 Å². The van der Waals surface area contributed by atoms with Crippen molar-refractivity contribution in [2.24, 2.45) is 7.05 Å². The van der Waals surface area contributed by atoms with Gasteiger partial charge in [0.25, 0.3) is 0 Å². The second-order valence-corrected chi connectivity index (χ2v) is 6.23. The first-order chi connectivity index (χ1) is 10.1. The summed E-state index contributed by atoms with van der Waals surface area (Å²) in [6.07, 6.45) is 3.59. The number of rotatable bonds is 2. The summed E-state index contributed by atoms with van der Waals surface area (Å²) in [4.78, 5) is 0. The standard InChI is InChI=1S/C17H18ClN3/c1-12-16(18)15(21(2)20-12)10-17(11-19)9-5-7-13-6-3-4-8-14(13)17/h3-4,6,8H,5,7,9-10H2,1-2H3. The maximum absolute atomic E-state index is 9.92. The molecule has 1 atom stereocenters. The molecule has 0 N–H and O–H groups in total. The van der Waals surface area contributed by atoms with E-state index in [1.54, 1.807) is 0 Å². The van der Waals surface area contributed by atoms with E-state index >= 15 is 0 Å². The van der Waals surface area contributed by atoms with Gasteiger partial charge >= 0.3 is 0 Å². The van der Waals surface area contributed by atoms with Crippen LogP contribution in [0.2, 0.25) is 5.02 Å². The van der Waals surface area contributed by atoms with Gasteiger partial charge in [0.2, 0.25) is 0 Å². The SMILES string of the molecule is Cc1nn(C)c(CC2(C#N)CCCc3ccccc32)c1Cl. The van der Waals surface area contributed by atoms with Gasteiger partial charge in [-0.15, -0.1) is 0 Å². The van der Waals surface area contributed by atoms with Crippen molar-refractivity contribution in [1.82, 2.24) is 9.78 Å². The lowest BCUT2D eigenvalue weighted by Gasteiger charge is -2.33. The topological polar surface area (TPSA) is 41.6 Å². The van der Waals surface area contributed by atoms with Crippen molar-refractivity contribution in [3.8, 4) is 6.07 Å². The van der Waals surface area contributed by atoms with Crippen LogP contribution in [-0.4, -0.2) is 9.78 Å². The highest BCUT2D eigenvalue weighted by atomic mass is 35.5. The van der Waals surface area contributed by atoms with E-state index in [0.29, 0.717) is 11.4 Å². The monoisotopic (exact) mass is 299 g/mol. The Bertz CT molecular complexity index is 726. The van der Waals surface area contributed by atoms with E-state index in [0.717, 1.165) is 36.2 Å². The fourth-order valence-electron chi connectivity index (χ4n) is 3.42. The van der Waals surface area contributed by atoms with E-state index in [2.05, 4.69) is 23.3 Å². The van der Waals surface area contributed by atoms with Crippen LogP contribution in [0.25, 0.3) is 0 Å². The van der Waals surface area contributed by atoms with Crippen LogP contribution in [0.5, 0.6) is 0 Å². The average molecular weight is 300 g/mol. The number of benzene rings is 1. The predicted octanol–water partition coefficient (Wildman–Crippen LogP) is 3.72. The summed E-state index contributed by atoms with van der Waals surface area (Å²) in [7, 11) is 1.90. The van der Waals surface area contributed by atoms with Gasteiger partial charge in [-0.05, 0) is 37.3 Å². The largest absolute Gasteiger partial charge is 0.271 e. The maximum Gasteiger partial charge on any atom is 0.0880 e. The Kier molecular flexibility index (Phi) is 3.51. The molecule has 0 amide bonds. The molecule has 1 unspecified atom stereocenters. The molecule has 3 nitrogen and oxygen atoms in total. The zero-order valence-electron chi connectivity index (χ0n) is 12.4. The van der Waals surface area contributed by atoms with Crippen LogP contribution in [0.3, 0.4) is 0 Å². The normalized spacial score (nSPS) is 20.9. The van der Waals surface area contributed by atoms with E-state index in [1.165, 1.54) is 5.56 Å². The molecule has 1 heterocycles. The number of aryl methyl sites for hydroxylation is 3. The molecule has 4 heteroatoms. The Labute approximate surface area is 130 Å². The van der Waals surface area contributed by atoms with Crippen molar-refractivity contribution in [2.45, 2.75) is 38.0 Å². The number of nitrogens with zero attached hydrogens (tertiary/aromatic N) is 3. The molecule has 3 rings (SSSR count). The Hall–Kier alpha value is -1.79. The molecule has 1 aliphatic carbocycles. The van der Waals surface area contributed by atoms with Gasteiger partial charge in [-0.1, -0.05) is 35.9 Å². The van der Waals surface area contributed by atoms with Gasteiger partial charge in [-0.3, -0.25) is 4.68 Å². The Balaban J connectivity index is 2.09. The number of aromatic nitrogens is 2. The van der Waals surface area contributed by atoms with Crippen LogP contribution in [0.1, 0.15) is 35.4 Å². The van der Waals surface area contributed by atoms with Gasteiger partial charge in [-0.25, -0.2) is 0 Å². The quantitative estimate of drug-likeness (QED) is 0.848. The van der Waals surface area contributed by atoms with E-state index < -0.39 is 5.41 Å². The first kappa shape index (κ1) is 14.2. The minimum absolute atomic E-state index is 0.487. The summed E-state index contributed by atoms with van der Waals surface area (Å²) in [6.45, 7) is 1.90. The summed E-state index contributed by atoms with van der Waals surface area (Å²) in [5.41, 5.74) is 3.74. The highest BCUT2D eigenvalue weighted by Gasteiger charge is 2.38. The van der Waals surface area contributed by atoms with Crippen LogP contribution >= 0.6 is 11.6 Å². The Morgan fingerprint density at radius 2 is 2.19 bits per heavy atom. The molecule has 0 saturated heterocycles. The van der Waals surface area contributed by atoms with Crippen molar-refractivity contribution in [3.05, 3.63) is 51.8 Å². The Morgan fingerprint density at radius 3 is 2.86 bits per heavy atom. The first-order valence-corrected chi connectivity index (χ1v) is 7.63. The zero-order chi connectivity index (χ0) is 15.0. The summed E-state index contributed by atoms with van der Waals surface area (Å²) in [6, 6.07) is 10.9. The third-order valence-electron chi connectivity index (χ3n) is 4.53. The van der Waals surface area contributed by atoms with Crippen molar-refractivity contribution in [3.63, 3.8) is 0 Å². The smallest absolute Gasteiger partial charge is 0.0880 e. The van der Waals surface area contributed by atoms with E-state index in [9.17, 15) is 5.26 Å². The van der Waals surface area contributed by atoms with Gasteiger partial charge in [0.05, 0.1) is 27.9 Å². The van der Waals surface area contributed by atoms with E-state index in [-0.39, 0.29) is 0 Å². The Morgan fingerprint density at radius 1 is 1.43 bits per heavy atom. The van der Waals surface area contributed by atoms with Crippen molar-refractivity contribution >= 4 is 11.6 Å². The predicted molar refractivity (Wildman–Crippen MR) is 83.3 cm³/mol. The lowest BCUT2D eigenvalue weighted by atomic mass is 9.68. The second-order valence-electron chi connectivity index (χ2n) is 5.85. The molecule has 0 spiro atoms. The number of nitriles is 1. The molecule has 0 radical (unpaired) electrons. The summed E-state index contributed by atoms with van der Waals surface area (Å²) in [5, 5.41) is 15.0. The van der Waals surface area contributed by atoms with Gasteiger partial charge in [0.1, 0.15) is 0 Å². The first-order valence-electron chi connectivity index (χ1n) is 7.25. The van der Waals surface area contributed by atoms with Crippen LogP contribution < -0.4 is 0 Å². The average Bonchev–Trinajstić information content (AvgIpc) is 2.74. The molecular weight excluding hydrogens is 282 g/mol. The molecule has 1 aromatic heterocycles. The van der Waals surface area contributed by atoms with Crippen LogP contribution in [0.4, 0.5) is 0 Å². The second kappa shape index (κ2) is 5.20. The minimum atomic E-state index is -0.487. The molecule has 0 saturated carbocycles. The van der Waals surface area contributed by atoms with Crippen molar-refractivity contribution in [2.75, 3.05) is 0 Å². The fourth-order valence-corrected chi connectivity index (χ4v) is 3.64. The number of hydrogen-bond donors (Lipinski definition) is 0. The fraction of sp³-hybridized carbons (Fsp3) is 0.412. The summed E-state index contributed by atoms with van der Waals surface area (Å²) in [5.74, 6) is 0. The highest BCUT2D eigenvalue weighted by molar-refractivity contribution is 6.31. The lowest BCUT2D eigenvalue weighted by molar-refractivity contribution is 0.438. The highest BCUT2D eigenvalue weighted by Crippen LogP contribution is 2.40. The number of halogens is 1. The van der Waals surface area contributed by atoms with Crippen LogP contribution in [-0.2, 0) is 25.3 Å². The molecule has 0 fully saturated rings. The third-order valence-corrected chi connectivity index (χ3v) is 5.02. The lowest BCUT2D eigenvalue weighted by Crippen LogP contribution is -2.32. The number of hydrogen-bond acceptors (Lipinski definition) is 2. The molecule has 1 aromatic carbocycles. The summed E-state index contributed by atoms with van der Waals surface area (Å²) < 4.78 is 1.81. The molecule has 0 bridgehead atoms. The van der Waals surface area contributed by atoms with Crippen molar-refractivity contribution in [1.29, 1.82) is 5.26 Å². The van der Waals surface area contributed by atoms with E-state index in [1.807, 2.05) is 30.8 Å². The molecule has 108 valence electrons. The minimum Gasteiger partial charge on any atom is -0.271 e. The van der Waals surface area contributed by atoms with E-state index in [4.69, 9.17) is 11.6 Å². The van der Waals surface area contributed by atoms with Gasteiger partial charge in [-0.2, -0.15) is 10.4 Å². The molecule has 0 aliphatic heterocycles. The number of fused-ring (bicyclic) bond motifs is 1. The van der Waals surface area contributed by atoms with Gasteiger partial charge in [0.15, 0.2) is 0 Å². The maximum atomic E-state index is 9.92. The zero-order valence-corrected chi connectivity index (χ0v) is 13.1. The molecule has 21 heavy (non-hydrogen) atoms. The molecule has 2 aromatic rings. The summed E-state index contributed by atoms with van der Waals surface area (Å²) >= 11 is 6.39. The van der Waals surface area contributed by atoms with Crippen molar-refractivity contribution < 1.29 is 0 Å². The van der Waals surface area contributed by atoms with Crippen LogP contribution in [0, 0.1) is 18.3 Å². The molecule has 1 aliphatic rings.